The number of rotatable bonds is 9. The maximum Gasteiger partial charge on any atom is 0.334 e. The molecule has 1 rings (SSSR count). The van der Waals surface area contributed by atoms with Gasteiger partial charge in [-0.1, -0.05) is 18.2 Å². The first-order valence-corrected chi connectivity index (χ1v) is 7.11. The molecule has 0 radical (unpaired) electrons. The highest BCUT2D eigenvalue weighted by atomic mass is 16.5. The largest absolute Gasteiger partial charge is 0.425 e. The van der Waals surface area contributed by atoms with E-state index in [9.17, 15) is 14.4 Å². The minimum Gasteiger partial charge on any atom is -0.425 e. The van der Waals surface area contributed by atoms with Crippen molar-refractivity contribution in [2.75, 3.05) is 7.11 Å². The Morgan fingerprint density at radius 1 is 1.26 bits per heavy atom. The minimum atomic E-state index is -0.996. The van der Waals surface area contributed by atoms with Gasteiger partial charge < -0.3 is 20.2 Å². The number of amides is 1. The third-order valence-corrected chi connectivity index (χ3v) is 3.13. The predicted octanol–water partition coefficient (Wildman–Crippen LogP) is 1.11. The van der Waals surface area contributed by atoms with Crippen LogP contribution in [0.2, 0.25) is 0 Å². The van der Waals surface area contributed by atoms with E-state index in [1.807, 2.05) is 0 Å². The van der Waals surface area contributed by atoms with Crippen LogP contribution in [0.15, 0.2) is 30.3 Å². The molecular weight excluding hydrogens is 300 g/mol. The fourth-order valence-electron chi connectivity index (χ4n) is 1.68. The fraction of sp³-hybridized carbons (Fsp3) is 0.375. The molecule has 0 spiro atoms. The van der Waals surface area contributed by atoms with Crippen LogP contribution in [-0.4, -0.2) is 43.1 Å². The molecule has 0 aliphatic rings. The van der Waals surface area contributed by atoms with Gasteiger partial charge >= 0.3 is 5.97 Å². The Morgan fingerprint density at radius 3 is 2.48 bits per heavy atom. The lowest BCUT2D eigenvalue weighted by Gasteiger charge is -2.19. The van der Waals surface area contributed by atoms with Gasteiger partial charge in [0.25, 0.3) is 0 Å². The van der Waals surface area contributed by atoms with Crippen LogP contribution in [0, 0.1) is 5.41 Å². The zero-order valence-corrected chi connectivity index (χ0v) is 13.1. The molecule has 0 fully saturated rings. The number of esters is 1. The van der Waals surface area contributed by atoms with Gasteiger partial charge in [-0.25, -0.2) is 4.79 Å². The van der Waals surface area contributed by atoms with Gasteiger partial charge in [0, 0.05) is 13.5 Å². The Kier molecular flexibility index (Phi) is 7.62. The summed E-state index contributed by atoms with van der Waals surface area (Å²) in [5, 5.41) is 9.38. The molecule has 1 aromatic carbocycles. The summed E-state index contributed by atoms with van der Waals surface area (Å²) in [6.45, 7) is 1.54. The second-order valence-corrected chi connectivity index (χ2v) is 4.82. The summed E-state index contributed by atoms with van der Waals surface area (Å²) >= 11 is 0. The molecule has 0 bridgehead atoms. The zero-order valence-electron chi connectivity index (χ0n) is 13.1. The predicted molar refractivity (Wildman–Crippen MR) is 83.5 cm³/mol. The summed E-state index contributed by atoms with van der Waals surface area (Å²) < 4.78 is 10.1. The highest BCUT2D eigenvalue weighted by Gasteiger charge is 2.25. The zero-order chi connectivity index (χ0) is 17.2. The quantitative estimate of drug-likeness (QED) is 0.403. The van der Waals surface area contributed by atoms with Crippen LogP contribution in [0.3, 0.4) is 0 Å². The summed E-state index contributed by atoms with van der Waals surface area (Å²) in [5.41, 5.74) is 0. The third-order valence-electron chi connectivity index (χ3n) is 3.13. The highest BCUT2D eigenvalue weighted by Crippen LogP contribution is 2.11. The van der Waals surface area contributed by atoms with E-state index in [2.05, 4.69) is 5.32 Å². The summed E-state index contributed by atoms with van der Waals surface area (Å²) in [6, 6.07) is 7.42. The van der Waals surface area contributed by atoms with Crippen LogP contribution >= 0.6 is 0 Å². The lowest BCUT2D eigenvalue weighted by atomic mass is 10.1. The number of ketones is 1. The summed E-state index contributed by atoms with van der Waals surface area (Å²) in [7, 11) is 1.38. The Bertz CT molecular complexity index is 559. The Labute approximate surface area is 134 Å². The number of hydrogen-bond donors (Lipinski definition) is 2. The molecule has 0 unspecified atom stereocenters. The summed E-state index contributed by atoms with van der Waals surface area (Å²) in [6.07, 6.45) is -0.0542. The second kappa shape index (κ2) is 9.47. The van der Waals surface area contributed by atoms with Crippen LogP contribution in [0.5, 0.6) is 5.75 Å². The number of Topliss-reactive ketones (excluding diaryl/α,β-unsaturated/α-hetero) is 1. The van der Waals surface area contributed by atoms with E-state index in [1.54, 1.807) is 30.3 Å². The number of ether oxygens (including phenoxy) is 2. The molecule has 0 aromatic heterocycles. The second-order valence-electron chi connectivity index (χ2n) is 4.82. The lowest BCUT2D eigenvalue weighted by molar-refractivity contribution is -0.141. The van der Waals surface area contributed by atoms with Gasteiger partial charge in [-0.15, -0.1) is 0 Å². The Morgan fingerprint density at radius 2 is 1.91 bits per heavy atom. The van der Waals surface area contributed by atoms with E-state index in [1.165, 1.54) is 14.0 Å². The van der Waals surface area contributed by atoms with Gasteiger partial charge in [-0.05, 0) is 25.5 Å². The van der Waals surface area contributed by atoms with Crippen molar-refractivity contribution < 1.29 is 23.9 Å². The van der Waals surface area contributed by atoms with Gasteiger partial charge in [0.1, 0.15) is 17.9 Å². The van der Waals surface area contributed by atoms with Crippen molar-refractivity contribution in [3.8, 4) is 5.75 Å². The fourth-order valence-corrected chi connectivity index (χ4v) is 1.68. The number of carbonyl (C=O) groups excluding carboxylic acids is 3. The molecule has 0 saturated heterocycles. The first kappa shape index (κ1) is 18.5. The van der Waals surface area contributed by atoms with Gasteiger partial charge in [-0.3, -0.25) is 9.59 Å². The molecule has 0 heterocycles. The molecule has 124 valence electrons. The maximum absolute atomic E-state index is 12.2. The maximum atomic E-state index is 12.2. The van der Waals surface area contributed by atoms with Crippen molar-refractivity contribution in [2.45, 2.75) is 31.9 Å². The van der Waals surface area contributed by atoms with Crippen molar-refractivity contribution in [1.82, 2.24) is 5.32 Å². The third kappa shape index (κ3) is 6.39. The monoisotopic (exact) mass is 320 g/mol. The van der Waals surface area contributed by atoms with E-state index in [-0.39, 0.29) is 12.8 Å². The van der Waals surface area contributed by atoms with Crippen LogP contribution in [-0.2, 0) is 19.1 Å². The molecule has 0 saturated carbocycles. The number of nitrogens with one attached hydrogen (secondary N) is 2. The van der Waals surface area contributed by atoms with Gasteiger partial charge in [0.2, 0.25) is 5.91 Å². The molecule has 1 aromatic rings. The van der Waals surface area contributed by atoms with Crippen LogP contribution in [0.1, 0.15) is 19.8 Å². The van der Waals surface area contributed by atoms with E-state index in [0.29, 0.717) is 12.0 Å². The van der Waals surface area contributed by atoms with Crippen molar-refractivity contribution in [3.05, 3.63) is 30.3 Å². The van der Waals surface area contributed by atoms with Crippen LogP contribution in [0.25, 0.3) is 0 Å². The molecule has 1 amide bonds. The number of benzene rings is 1. The molecule has 0 aliphatic heterocycles. The number of methoxy groups -OCH3 is 1. The summed E-state index contributed by atoms with van der Waals surface area (Å²) in [4.78, 5) is 35.3. The SMILES string of the molecule is CO[C@@H](C)C(=O)N[C@@H](CCC(=O)C=N)C(=O)Oc1ccccc1. The van der Waals surface area contributed by atoms with E-state index >= 15 is 0 Å². The van der Waals surface area contributed by atoms with Crippen molar-refractivity contribution in [1.29, 1.82) is 5.41 Å². The molecule has 7 heteroatoms. The summed E-state index contributed by atoms with van der Waals surface area (Å²) in [5.74, 6) is -1.25. The van der Waals surface area contributed by atoms with Crippen molar-refractivity contribution >= 4 is 23.9 Å². The van der Waals surface area contributed by atoms with Gasteiger partial charge in [0.05, 0.1) is 6.21 Å². The highest BCUT2D eigenvalue weighted by molar-refractivity contribution is 6.26. The average Bonchev–Trinajstić information content (AvgIpc) is 2.57. The lowest BCUT2D eigenvalue weighted by Crippen LogP contribution is -2.47. The Balaban J connectivity index is 2.75. The van der Waals surface area contributed by atoms with Crippen LogP contribution < -0.4 is 10.1 Å². The molecule has 23 heavy (non-hydrogen) atoms. The smallest absolute Gasteiger partial charge is 0.334 e. The number of hydrogen-bond acceptors (Lipinski definition) is 6. The van der Waals surface area contributed by atoms with E-state index < -0.39 is 29.8 Å². The van der Waals surface area contributed by atoms with E-state index in [0.717, 1.165) is 0 Å². The normalized spacial score (nSPS) is 12.8. The number of para-hydroxylation sites is 1. The first-order valence-electron chi connectivity index (χ1n) is 7.11. The average molecular weight is 320 g/mol. The number of carbonyl (C=O) groups is 3. The Hall–Kier alpha value is -2.54. The van der Waals surface area contributed by atoms with Gasteiger partial charge in [-0.2, -0.15) is 0 Å². The molecule has 2 atom stereocenters. The molecular formula is C16H20N2O5. The molecule has 2 N–H and O–H groups in total. The van der Waals surface area contributed by atoms with Gasteiger partial charge in [0.15, 0.2) is 5.78 Å². The van der Waals surface area contributed by atoms with Crippen molar-refractivity contribution in [2.24, 2.45) is 0 Å². The van der Waals surface area contributed by atoms with E-state index in [4.69, 9.17) is 14.9 Å². The first-order chi connectivity index (χ1) is 11.0. The van der Waals surface area contributed by atoms with Crippen molar-refractivity contribution in [3.63, 3.8) is 0 Å². The van der Waals surface area contributed by atoms with Crippen LogP contribution in [0.4, 0.5) is 0 Å². The standard InChI is InChI=1S/C16H20N2O5/c1-11(22-2)15(20)18-14(9-8-12(19)10-17)16(21)23-13-6-4-3-5-7-13/h3-7,10-11,14,17H,8-9H2,1-2H3,(H,18,20)/t11-,14-/m0/s1. The molecule has 7 nitrogen and oxygen atoms in total. The molecule has 0 aliphatic carbocycles. The minimum absolute atomic E-state index is 0.0420. The topological polar surface area (TPSA) is 106 Å².